The predicted octanol–water partition coefficient (Wildman–Crippen LogP) is 1.61. The van der Waals surface area contributed by atoms with E-state index in [1.807, 2.05) is 6.92 Å². The van der Waals surface area contributed by atoms with E-state index in [-0.39, 0.29) is 6.10 Å². The Morgan fingerprint density at radius 2 is 1.41 bits per heavy atom. The second kappa shape index (κ2) is 10.0. The maximum Gasteiger partial charge on any atom is 0.300 e. The summed E-state index contributed by atoms with van der Waals surface area (Å²) < 4.78 is 22.8. The molecule has 0 amide bonds. The van der Waals surface area contributed by atoms with Crippen molar-refractivity contribution >= 4 is 10.5 Å². The van der Waals surface area contributed by atoms with Crippen molar-refractivity contribution in [3.63, 3.8) is 0 Å². The average Bonchev–Trinajstić information content (AvgIpc) is 2.37. The van der Waals surface area contributed by atoms with Crippen molar-refractivity contribution in [1.29, 1.82) is 0 Å². The minimum absolute atomic E-state index is 0.210. The van der Waals surface area contributed by atoms with Crippen LogP contribution in [0.25, 0.3) is 0 Å². The average molecular weight is 264 g/mol. The number of hydrogen-bond donors (Lipinski definition) is 0. The van der Waals surface area contributed by atoms with E-state index in [1.54, 1.807) is 0 Å². The van der Waals surface area contributed by atoms with Crippen molar-refractivity contribution < 1.29 is 18.6 Å². The lowest BCUT2D eigenvalue weighted by Crippen LogP contribution is -2.50. The molecular formula is C12H28O4Si. The van der Waals surface area contributed by atoms with E-state index in [2.05, 4.69) is 20.8 Å². The first-order chi connectivity index (χ1) is 8.16. The molecule has 0 fully saturated rings. The lowest BCUT2D eigenvalue weighted by atomic mass is 10.3. The Morgan fingerprint density at radius 1 is 0.941 bits per heavy atom. The summed E-state index contributed by atoms with van der Waals surface area (Å²) in [5.74, 6) is -1.01. The zero-order valence-corrected chi connectivity index (χ0v) is 14.0. The van der Waals surface area contributed by atoms with Gasteiger partial charge in [0.05, 0.1) is 13.2 Å². The first kappa shape index (κ1) is 17.1. The van der Waals surface area contributed by atoms with Crippen molar-refractivity contribution in [3.05, 3.63) is 0 Å². The van der Waals surface area contributed by atoms with Crippen LogP contribution in [0.4, 0.5) is 0 Å². The van der Waals surface area contributed by atoms with Crippen LogP contribution in [0, 0.1) is 0 Å². The Balaban J connectivity index is 4.50. The summed E-state index contributed by atoms with van der Waals surface area (Å²) >= 11 is 0. The van der Waals surface area contributed by atoms with Gasteiger partial charge in [0.1, 0.15) is 6.10 Å². The van der Waals surface area contributed by atoms with E-state index in [9.17, 15) is 0 Å². The van der Waals surface area contributed by atoms with E-state index in [1.165, 1.54) is 0 Å². The molecule has 0 saturated carbocycles. The van der Waals surface area contributed by atoms with Gasteiger partial charge in [-0.2, -0.15) is 0 Å². The van der Waals surface area contributed by atoms with Crippen LogP contribution >= 0.6 is 0 Å². The summed E-state index contributed by atoms with van der Waals surface area (Å²) in [7, 11) is 0.556. The van der Waals surface area contributed by atoms with E-state index >= 15 is 0 Å². The topological polar surface area (TPSA) is 36.9 Å². The van der Waals surface area contributed by atoms with Crippen molar-refractivity contribution in [2.45, 2.75) is 59.0 Å². The van der Waals surface area contributed by atoms with Gasteiger partial charge < -0.3 is 18.6 Å². The molecule has 0 bridgehead atoms. The van der Waals surface area contributed by atoms with Crippen LogP contribution in [0.2, 0.25) is 0 Å². The zero-order chi connectivity index (χ0) is 13.1. The quantitative estimate of drug-likeness (QED) is 0.420. The van der Waals surface area contributed by atoms with Crippen LogP contribution in [0.1, 0.15) is 47.0 Å². The molecule has 0 aromatic carbocycles. The number of rotatable bonds is 11. The first-order valence-electron chi connectivity index (χ1n) is 6.61. The molecule has 4 nitrogen and oxygen atoms in total. The van der Waals surface area contributed by atoms with Gasteiger partial charge in [-0.3, -0.25) is 0 Å². The van der Waals surface area contributed by atoms with Crippen molar-refractivity contribution in [2.24, 2.45) is 0 Å². The fraction of sp³-hybridized carbons (Fsp3) is 1.00. The Hall–Kier alpha value is 0.0569. The Kier molecular flexibility index (Phi) is 10.1. The molecule has 0 spiro atoms. The summed E-state index contributed by atoms with van der Waals surface area (Å²) in [5.41, 5.74) is 0. The Morgan fingerprint density at radius 3 is 1.76 bits per heavy atom. The smallest absolute Gasteiger partial charge is 0.300 e. The van der Waals surface area contributed by atoms with Crippen LogP contribution in [-0.2, 0) is 18.6 Å². The molecule has 1 atom stereocenters. The van der Waals surface area contributed by atoms with E-state index in [4.69, 9.17) is 18.6 Å². The minimum Gasteiger partial charge on any atom is -0.378 e. The van der Waals surface area contributed by atoms with Crippen LogP contribution in [0.3, 0.4) is 0 Å². The lowest BCUT2D eigenvalue weighted by molar-refractivity contribution is -0.382. The summed E-state index contributed by atoms with van der Waals surface area (Å²) in [5, 5.41) is 0. The normalized spacial score (nSPS) is 14.1. The van der Waals surface area contributed by atoms with Crippen LogP contribution < -0.4 is 0 Å². The van der Waals surface area contributed by atoms with Gasteiger partial charge in [0.2, 0.25) is 0 Å². The molecule has 0 rings (SSSR count). The molecule has 17 heavy (non-hydrogen) atoms. The maximum absolute atomic E-state index is 5.75. The highest BCUT2D eigenvalue weighted by atomic mass is 28.2. The fourth-order valence-corrected chi connectivity index (χ4v) is 2.01. The van der Waals surface area contributed by atoms with E-state index < -0.39 is 5.97 Å². The highest BCUT2D eigenvalue weighted by molar-refractivity contribution is 5.98. The van der Waals surface area contributed by atoms with Crippen LogP contribution in [0.5, 0.6) is 0 Å². The largest absolute Gasteiger partial charge is 0.378 e. The zero-order valence-electron chi connectivity index (χ0n) is 12.0. The predicted molar refractivity (Wildman–Crippen MR) is 71.9 cm³/mol. The molecule has 0 aliphatic carbocycles. The highest BCUT2D eigenvalue weighted by Crippen LogP contribution is 2.22. The maximum atomic E-state index is 5.75. The molecule has 0 radical (unpaired) electrons. The molecule has 1 unspecified atom stereocenters. The third kappa shape index (κ3) is 5.97. The van der Waals surface area contributed by atoms with Gasteiger partial charge in [0, 0.05) is 6.61 Å². The van der Waals surface area contributed by atoms with Gasteiger partial charge >= 0.3 is 0 Å². The molecule has 0 aliphatic heterocycles. The molecular weight excluding hydrogens is 236 g/mol. The third-order valence-corrected chi connectivity index (χ3v) is 2.94. The second-order valence-corrected chi connectivity index (χ2v) is 4.43. The molecule has 0 aromatic rings. The Labute approximate surface area is 109 Å². The second-order valence-electron chi connectivity index (χ2n) is 4.02. The third-order valence-electron chi connectivity index (χ3n) is 2.37. The summed E-state index contributed by atoms with van der Waals surface area (Å²) in [6, 6.07) is 0. The number of ether oxygens (including phenoxy) is 3. The molecule has 0 aliphatic rings. The summed E-state index contributed by atoms with van der Waals surface area (Å²) in [6.45, 7) is 10.1. The van der Waals surface area contributed by atoms with Crippen LogP contribution in [0.15, 0.2) is 0 Å². The van der Waals surface area contributed by atoms with Gasteiger partial charge in [-0.05, 0) is 26.2 Å². The molecule has 0 N–H and O–H groups in total. The lowest BCUT2D eigenvalue weighted by Gasteiger charge is -2.37. The molecule has 5 heteroatoms. The van der Waals surface area contributed by atoms with Crippen molar-refractivity contribution in [3.8, 4) is 0 Å². The SMILES string of the molecule is CCCOC(C)C(O[SiH3])(OCCC)OCCC. The standard InChI is InChI=1S/C12H28O4Si/c1-5-8-13-11(4)12(16-17,14-9-6-2)15-10-7-3/h11H,5-10H2,1-4,17H3. The number of hydrogen-bond acceptors (Lipinski definition) is 4. The van der Waals surface area contributed by atoms with Gasteiger partial charge in [-0.15, -0.1) is 0 Å². The molecule has 0 saturated heterocycles. The van der Waals surface area contributed by atoms with Crippen LogP contribution in [-0.4, -0.2) is 42.4 Å². The summed E-state index contributed by atoms with van der Waals surface area (Å²) in [4.78, 5) is 0. The van der Waals surface area contributed by atoms with Gasteiger partial charge in [0.25, 0.3) is 5.97 Å². The van der Waals surface area contributed by atoms with Gasteiger partial charge in [0.15, 0.2) is 10.5 Å². The first-order valence-corrected chi connectivity index (χ1v) is 7.43. The van der Waals surface area contributed by atoms with Gasteiger partial charge in [-0.25, -0.2) is 0 Å². The fourth-order valence-electron chi connectivity index (χ4n) is 1.45. The van der Waals surface area contributed by atoms with Crippen molar-refractivity contribution in [1.82, 2.24) is 0 Å². The summed E-state index contributed by atoms with van der Waals surface area (Å²) in [6.07, 6.45) is 2.63. The van der Waals surface area contributed by atoms with Gasteiger partial charge in [-0.1, -0.05) is 20.8 Å². The Bertz CT molecular complexity index is 170. The minimum atomic E-state index is -1.01. The van der Waals surface area contributed by atoms with Crippen molar-refractivity contribution in [2.75, 3.05) is 19.8 Å². The molecule has 0 aromatic heterocycles. The molecule has 104 valence electrons. The highest BCUT2D eigenvalue weighted by Gasteiger charge is 2.39. The monoisotopic (exact) mass is 264 g/mol. The van der Waals surface area contributed by atoms with E-state index in [0.717, 1.165) is 19.3 Å². The molecule has 0 heterocycles. The van der Waals surface area contributed by atoms with E-state index in [0.29, 0.717) is 30.3 Å².